The number of benzene rings is 2. The van der Waals surface area contributed by atoms with E-state index >= 15 is 0 Å². The van der Waals surface area contributed by atoms with Crippen LogP contribution < -0.4 is 5.32 Å². The summed E-state index contributed by atoms with van der Waals surface area (Å²) in [5.41, 5.74) is 2.18. The Labute approximate surface area is 117 Å². The Morgan fingerprint density at radius 1 is 1.10 bits per heavy atom. The topological polar surface area (TPSA) is 38.3 Å². The molecule has 0 saturated carbocycles. The molecule has 0 unspecified atom stereocenters. The van der Waals surface area contributed by atoms with Gasteiger partial charge in [-0.05, 0) is 23.8 Å². The van der Waals surface area contributed by atoms with Gasteiger partial charge in [-0.3, -0.25) is 0 Å². The fourth-order valence-electron chi connectivity index (χ4n) is 1.86. The van der Waals surface area contributed by atoms with Crippen LogP contribution in [0.4, 0.5) is 4.39 Å². The predicted octanol–water partition coefficient (Wildman–Crippen LogP) is 2.90. The minimum atomic E-state index is -0.351. The first-order chi connectivity index (χ1) is 9.70. The van der Waals surface area contributed by atoms with Crippen LogP contribution in [-0.2, 0) is 17.8 Å². The zero-order valence-electron chi connectivity index (χ0n) is 11.2. The summed E-state index contributed by atoms with van der Waals surface area (Å²) < 4.78 is 18.0. The summed E-state index contributed by atoms with van der Waals surface area (Å²) in [4.78, 5) is 11.3. The summed E-state index contributed by atoms with van der Waals surface area (Å²) >= 11 is 0. The number of nitrogens with one attached hydrogen (secondary N) is 1. The third-order valence-corrected chi connectivity index (χ3v) is 2.98. The monoisotopic (exact) mass is 273 g/mol. The standard InChI is InChI=1S/C16H16FNO2/c1-20-16(19)13-8-6-12(7-9-13)10-18-11-14-4-2-3-5-15(14)17/h2-9,18H,10-11H2,1H3. The highest BCUT2D eigenvalue weighted by molar-refractivity contribution is 5.89. The summed E-state index contributed by atoms with van der Waals surface area (Å²) in [6.45, 7) is 1.07. The van der Waals surface area contributed by atoms with Crippen molar-refractivity contribution in [3.8, 4) is 0 Å². The quantitative estimate of drug-likeness (QED) is 0.851. The van der Waals surface area contributed by atoms with Gasteiger partial charge in [0.2, 0.25) is 0 Å². The van der Waals surface area contributed by atoms with Gasteiger partial charge in [0, 0.05) is 18.7 Å². The minimum Gasteiger partial charge on any atom is -0.465 e. The average molecular weight is 273 g/mol. The van der Waals surface area contributed by atoms with Gasteiger partial charge in [-0.15, -0.1) is 0 Å². The van der Waals surface area contributed by atoms with Gasteiger partial charge in [-0.25, -0.2) is 9.18 Å². The average Bonchev–Trinajstić information content (AvgIpc) is 2.49. The SMILES string of the molecule is COC(=O)c1ccc(CNCc2ccccc2F)cc1. The van der Waals surface area contributed by atoms with Crippen molar-refractivity contribution in [3.05, 3.63) is 71.0 Å². The highest BCUT2D eigenvalue weighted by Crippen LogP contribution is 2.08. The number of hydrogen-bond acceptors (Lipinski definition) is 3. The molecule has 4 heteroatoms. The Morgan fingerprint density at radius 2 is 1.80 bits per heavy atom. The molecular weight excluding hydrogens is 257 g/mol. The molecule has 2 aromatic rings. The largest absolute Gasteiger partial charge is 0.465 e. The predicted molar refractivity (Wildman–Crippen MR) is 74.7 cm³/mol. The first kappa shape index (κ1) is 14.2. The maximum absolute atomic E-state index is 13.4. The van der Waals surface area contributed by atoms with E-state index in [9.17, 15) is 9.18 Å². The minimum absolute atomic E-state index is 0.207. The molecule has 0 atom stereocenters. The van der Waals surface area contributed by atoms with Gasteiger partial charge >= 0.3 is 5.97 Å². The molecular formula is C16H16FNO2. The number of methoxy groups -OCH3 is 1. The summed E-state index contributed by atoms with van der Waals surface area (Å²) in [5.74, 6) is -0.558. The lowest BCUT2D eigenvalue weighted by atomic mass is 10.1. The molecule has 0 aliphatic rings. The molecule has 0 saturated heterocycles. The lowest BCUT2D eigenvalue weighted by Crippen LogP contribution is -2.13. The van der Waals surface area contributed by atoms with Crippen LogP contribution in [0.1, 0.15) is 21.5 Å². The van der Waals surface area contributed by atoms with Gasteiger partial charge in [0.1, 0.15) is 5.82 Å². The Balaban J connectivity index is 1.88. The number of carbonyl (C=O) groups excluding carboxylic acids is 1. The molecule has 2 rings (SSSR count). The van der Waals surface area contributed by atoms with Crippen LogP contribution in [-0.4, -0.2) is 13.1 Å². The first-order valence-electron chi connectivity index (χ1n) is 6.32. The van der Waals surface area contributed by atoms with Crippen molar-refractivity contribution < 1.29 is 13.9 Å². The molecule has 0 heterocycles. The number of rotatable bonds is 5. The van der Waals surface area contributed by atoms with E-state index in [0.717, 1.165) is 5.56 Å². The molecule has 0 fully saturated rings. The molecule has 0 radical (unpaired) electrons. The van der Waals surface area contributed by atoms with Crippen LogP contribution in [0.2, 0.25) is 0 Å². The number of halogens is 1. The third kappa shape index (κ3) is 3.65. The van der Waals surface area contributed by atoms with Crippen LogP contribution in [0, 0.1) is 5.82 Å². The fraction of sp³-hybridized carbons (Fsp3) is 0.188. The molecule has 20 heavy (non-hydrogen) atoms. The zero-order valence-corrected chi connectivity index (χ0v) is 11.2. The Hall–Kier alpha value is -2.20. The van der Waals surface area contributed by atoms with Crippen LogP contribution >= 0.6 is 0 Å². The highest BCUT2D eigenvalue weighted by atomic mass is 19.1. The second kappa shape index (κ2) is 6.82. The van der Waals surface area contributed by atoms with E-state index in [4.69, 9.17) is 0 Å². The van der Waals surface area contributed by atoms with Gasteiger partial charge in [-0.2, -0.15) is 0 Å². The van der Waals surface area contributed by atoms with Crippen molar-refractivity contribution >= 4 is 5.97 Å². The molecule has 0 aliphatic carbocycles. The molecule has 0 spiro atoms. The van der Waals surface area contributed by atoms with Crippen molar-refractivity contribution in [2.24, 2.45) is 0 Å². The fourth-order valence-corrected chi connectivity index (χ4v) is 1.86. The van der Waals surface area contributed by atoms with Crippen molar-refractivity contribution in [1.29, 1.82) is 0 Å². The number of carbonyl (C=O) groups is 1. The first-order valence-corrected chi connectivity index (χ1v) is 6.32. The summed E-state index contributed by atoms with van der Waals surface area (Å²) in [5, 5.41) is 3.17. The van der Waals surface area contributed by atoms with Crippen molar-refractivity contribution in [2.75, 3.05) is 7.11 Å². The molecule has 104 valence electrons. The number of ether oxygens (including phenoxy) is 1. The van der Waals surface area contributed by atoms with Crippen molar-refractivity contribution in [1.82, 2.24) is 5.32 Å². The van der Waals surface area contributed by atoms with Gasteiger partial charge in [-0.1, -0.05) is 30.3 Å². The van der Waals surface area contributed by atoms with E-state index in [-0.39, 0.29) is 11.8 Å². The Bertz CT molecular complexity index is 581. The summed E-state index contributed by atoms with van der Waals surface area (Å²) in [7, 11) is 1.35. The van der Waals surface area contributed by atoms with Crippen LogP contribution in [0.25, 0.3) is 0 Å². The normalized spacial score (nSPS) is 10.3. The summed E-state index contributed by atoms with van der Waals surface area (Å²) in [6.07, 6.45) is 0. The third-order valence-electron chi connectivity index (χ3n) is 2.98. The molecule has 2 aromatic carbocycles. The zero-order chi connectivity index (χ0) is 14.4. The maximum Gasteiger partial charge on any atom is 0.337 e. The highest BCUT2D eigenvalue weighted by Gasteiger charge is 2.04. The van der Waals surface area contributed by atoms with Gasteiger partial charge < -0.3 is 10.1 Å². The second-order valence-electron chi connectivity index (χ2n) is 4.38. The Kier molecular flexibility index (Phi) is 4.85. The molecule has 1 N–H and O–H groups in total. The number of hydrogen-bond donors (Lipinski definition) is 1. The number of esters is 1. The van der Waals surface area contributed by atoms with Crippen LogP contribution in [0.5, 0.6) is 0 Å². The van der Waals surface area contributed by atoms with E-state index in [1.807, 2.05) is 18.2 Å². The van der Waals surface area contributed by atoms with E-state index in [2.05, 4.69) is 10.1 Å². The lowest BCUT2D eigenvalue weighted by molar-refractivity contribution is 0.0600. The lowest BCUT2D eigenvalue weighted by Gasteiger charge is -2.06. The molecule has 3 nitrogen and oxygen atoms in total. The molecule has 0 bridgehead atoms. The van der Waals surface area contributed by atoms with E-state index in [0.29, 0.717) is 24.2 Å². The maximum atomic E-state index is 13.4. The molecule has 0 amide bonds. The van der Waals surface area contributed by atoms with Gasteiger partial charge in [0.05, 0.1) is 12.7 Å². The molecule has 0 aliphatic heterocycles. The molecule has 0 aromatic heterocycles. The smallest absolute Gasteiger partial charge is 0.337 e. The van der Waals surface area contributed by atoms with Gasteiger partial charge in [0.15, 0.2) is 0 Å². The van der Waals surface area contributed by atoms with Crippen LogP contribution in [0.3, 0.4) is 0 Å². The van der Waals surface area contributed by atoms with Crippen LogP contribution in [0.15, 0.2) is 48.5 Å². The van der Waals surface area contributed by atoms with Crippen molar-refractivity contribution in [2.45, 2.75) is 13.1 Å². The summed E-state index contributed by atoms with van der Waals surface area (Å²) in [6, 6.07) is 13.8. The van der Waals surface area contributed by atoms with Crippen molar-refractivity contribution in [3.63, 3.8) is 0 Å². The second-order valence-corrected chi connectivity index (χ2v) is 4.38. The van der Waals surface area contributed by atoms with Gasteiger partial charge in [0.25, 0.3) is 0 Å². The Morgan fingerprint density at radius 3 is 2.45 bits per heavy atom. The van der Waals surface area contributed by atoms with E-state index < -0.39 is 0 Å². The van der Waals surface area contributed by atoms with E-state index in [1.54, 1.807) is 24.3 Å². The van der Waals surface area contributed by atoms with E-state index in [1.165, 1.54) is 13.2 Å².